The molecule has 23 heavy (non-hydrogen) atoms. The molecule has 1 aliphatic rings. The van der Waals surface area contributed by atoms with Crippen LogP contribution in [-0.4, -0.2) is 43.2 Å². The molecule has 1 heterocycles. The fraction of sp³-hybridized carbons (Fsp3) is 0.444. The molecule has 1 saturated heterocycles. The molecule has 0 unspecified atom stereocenters. The Bertz CT molecular complexity index is 613. The van der Waals surface area contributed by atoms with Crippen molar-refractivity contribution in [3.8, 4) is 11.8 Å². The van der Waals surface area contributed by atoms with E-state index in [1.165, 1.54) is 0 Å². The van der Waals surface area contributed by atoms with Crippen LogP contribution in [0.3, 0.4) is 0 Å². The van der Waals surface area contributed by atoms with Crippen molar-refractivity contribution in [2.45, 2.75) is 26.4 Å². The summed E-state index contributed by atoms with van der Waals surface area (Å²) in [6.07, 6.45) is 2.57. The Morgan fingerprint density at radius 3 is 2.78 bits per heavy atom. The van der Waals surface area contributed by atoms with Crippen LogP contribution in [0.5, 0.6) is 5.75 Å². The summed E-state index contributed by atoms with van der Waals surface area (Å²) in [7, 11) is 0. The lowest BCUT2D eigenvalue weighted by atomic mass is 10.1. The molecule has 1 aromatic carbocycles. The Balaban J connectivity index is 2.24. The van der Waals surface area contributed by atoms with E-state index < -0.39 is 0 Å². The smallest absolute Gasteiger partial charge is 0.264 e. The number of para-hydroxylation sites is 1. The molecule has 5 heteroatoms. The van der Waals surface area contributed by atoms with Gasteiger partial charge in [-0.25, -0.2) is 0 Å². The molecule has 5 nitrogen and oxygen atoms in total. The number of nitriles is 1. The summed E-state index contributed by atoms with van der Waals surface area (Å²) in [4.78, 5) is 14.1. The van der Waals surface area contributed by atoms with Crippen LogP contribution in [0.2, 0.25) is 0 Å². The van der Waals surface area contributed by atoms with Gasteiger partial charge in [0.2, 0.25) is 0 Å². The number of hydrogen-bond acceptors (Lipinski definition) is 4. The maximum Gasteiger partial charge on any atom is 0.264 e. The first-order valence-corrected chi connectivity index (χ1v) is 7.90. The fourth-order valence-electron chi connectivity index (χ4n) is 2.24. The highest BCUT2D eigenvalue weighted by molar-refractivity contribution is 6.02. The first-order chi connectivity index (χ1) is 11.2. The molecule has 1 aromatic rings. The molecule has 122 valence electrons. The van der Waals surface area contributed by atoms with Crippen molar-refractivity contribution < 1.29 is 14.3 Å². The number of amides is 1. The zero-order chi connectivity index (χ0) is 16.7. The van der Waals surface area contributed by atoms with E-state index in [4.69, 9.17) is 9.47 Å². The van der Waals surface area contributed by atoms with Gasteiger partial charge in [0.15, 0.2) is 0 Å². The minimum Gasteiger partial charge on any atom is -0.490 e. The molecule has 0 spiro atoms. The van der Waals surface area contributed by atoms with Crippen molar-refractivity contribution in [1.29, 1.82) is 5.26 Å². The average Bonchev–Trinajstić information content (AvgIpc) is 2.61. The van der Waals surface area contributed by atoms with Crippen molar-refractivity contribution >= 4 is 12.0 Å². The lowest BCUT2D eigenvalue weighted by Crippen LogP contribution is -2.41. The molecule has 0 bridgehead atoms. The number of hydrogen-bond donors (Lipinski definition) is 0. The van der Waals surface area contributed by atoms with Gasteiger partial charge < -0.3 is 14.4 Å². The maximum atomic E-state index is 12.5. The van der Waals surface area contributed by atoms with Gasteiger partial charge in [-0.2, -0.15) is 5.26 Å². The van der Waals surface area contributed by atoms with Crippen LogP contribution in [0.4, 0.5) is 0 Å². The Kier molecular flexibility index (Phi) is 6.19. The van der Waals surface area contributed by atoms with E-state index in [2.05, 4.69) is 0 Å². The molecule has 1 amide bonds. The van der Waals surface area contributed by atoms with Gasteiger partial charge in [-0.05, 0) is 25.5 Å². The molecule has 0 saturated carbocycles. The molecule has 0 N–H and O–H groups in total. The largest absolute Gasteiger partial charge is 0.490 e. The second-order valence-electron chi connectivity index (χ2n) is 5.45. The van der Waals surface area contributed by atoms with Crippen molar-refractivity contribution in [3.05, 3.63) is 35.4 Å². The number of carbonyl (C=O) groups excluding carboxylic acids is 1. The predicted molar refractivity (Wildman–Crippen MR) is 87.8 cm³/mol. The predicted octanol–water partition coefficient (Wildman–Crippen LogP) is 2.63. The van der Waals surface area contributed by atoms with Crippen LogP contribution >= 0.6 is 0 Å². The highest BCUT2D eigenvalue weighted by Gasteiger charge is 2.21. The minimum atomic E-state index is -0.255. The zero-order valence-corrected chi connectivity index (χ0v) is 13.6. The highest BCUT2D eigenvalue weighted by Crippen LogP contribution is 2.23. The van der Waals surface area contributed by atoms with Gasteiger partial charge in [0.1, 0.15) is 17.4 Å². The van der Waals surface area contributed by atoms with Gasteiger partial charge in [-0.3, -0.25) is 4.79 Å². The summed E-state index contributed by atoms with van der Waals surface area (Å²) in [5, 5.41) is 9.37. The van der Waals surface area contributed by atoms with Crippen LogP contribution in [0, 0.1) is 11.3 Å². The summed E-state index contributed by atoms with van der Waals surface area (Å²) < 4.78 is 11.1. The van der Waals surface area contributed by atoms with Crippen molar-refractivity contribution in [2.24, 2.45) is 0 Å². The van der Waals surface area contributed by atoms with Crippen LogP contribution < -0.4 is 4.74 Å². The summed E-state index contributed by atoms with van der Waals surface area (Å²) in [5.41, 5.74) is 0.859. The number of carbonyl (C=O) groups is 1. The third kappa shape index (κ3) is 4.57. The quantitative estimate of drug-likeness (QED) is 0.619. The van der Waals surface area contributed by atoms with Crippen molar-refractivity contribution in [3.63, 3.8) is 0 Å². The lowest BCUT2D eigenvalue weighted by molar-refractivity contribution is -0.130. The molecule has 1 fully saturated rings. The molecule has 2 rings (SSSR count). The Hall–Kier alpha value is -2.32. The van der Waals surface area contributed by atoms with Gasteiger partial charge in [-0.1, -0.05) is 25.1 Å². The van der Waals surface area contributed by atoms with E-state index >= 15 is 0 Å². The second kappa shape index (κ2) is 8.35. The number of nitrogens with zero attached hydrogens (tertiary/aromatic N) is 2. The van der Waals surface area contributed by atoms with E-state index in [1.807, 2.05) is 44.2 Å². The molecular formula is C18H22N2O3. The first-order valence-electron chi connectivity index (χ1n) is 7.90. The highest BCUT2D eigenvalue weighted by atomic mass is 16.5. The van der Waals surface area contributed by atoms with E-state index in [0.717, 1.165) is 12.0 Å². The van der Waals surface area contributed by atoms with Crippen LogP contribution in [0.1, 0.15) is 25.8 Å². The van der Waals surface area contributed by atoms with Crippen LogP contribution in [0.25, 0.3) is 6.08 Å². The van der Waals surface area contributed by atoms with Crippen molar-refractivity contribution in [2.75, 3.05) is 26.3 Å². The Labute approximate surface area is 137 Å². The third-order valence-corrected chi connectivity index (χ3v) is 3.77. The van der Waals surface area contributed by atoms with Crippen LogP contribution in [-0.2, 0) is 9.53 Å². The van der Waals surface area contributed by atoms with E-state index in [9.17, 15) is 10.1 Å². The molecule has 0 radical (unpaired) electrons. The summed E-state index contributed by atoms with van der Waals surface area (Å²) in [6, 6.07) is 9.46. The number of benzene rings is 1. The molecule has 0 aromatic heterocycles. The average molecular weight is 314 g/mol. The SMILES string of the molecule is CC[C@@H](C)Oc1ccccc1/C=C(\C#N)C(=O)N1CCOCC1. The number of ether oxygens (including phenoxy) is 2. The van der Waals surface area contributed by atoms with Gasteiger partial charge in [-0.15, -0.1) is 0 Å². The molecule has 1 aliphatic heterocycles. The molecular weight excluding hydrogens is 292 g/mol. The third-order valence-electron chi connectivity index (χ3n) is 3.77. The topological polar surface area (TPSA) is 62.6 Å². The molecule has 1 atom stereocenters. The number of rotatable bonds is 5. The fourth-order valence-corrected chi connectivity index (χ4v) is 2.24. The maximum absolute atomic E-state index is 12.5. The van der Waals surface area contributed by atoms with Gasteiger partial charge in [0.25, 0.3) is 5.91 Å². The van der Waals surface area contributed by atoms with Crippen molar-refractivity contribution in [1.82, 2.24) is 4.90 Å². The van der Waals surface area contributed by atoms with E-state index in [1.54, 1.807) is 11.0 Å². The number of morpholine rings is 1. The Morgan fingerprint density at radius 1 is 1.43 bits per heavy atom. The second-order valence-corrected chi connectivity index (χ2v) is 5.45. The normalized spacial score (nSPS) is 16.6. The van der Waals surface area contributed by atoms with Gasteiger partial charge >= 0.3 is 0 Å². The van der Waals surface area contributed by atoms with Crippen LogP contribution in [0.15, 0.2) is 29.8 Å². The van der Waals surface area contributed by atoms with Gasteiger partial charge in [0, 0.05) is 18.7 Å². The van der Waals surface area contributed by atoms with E-state index in [-0.39, 0.29) is 17.6 Å². The first kappa shape index (κ1) is 17.0. The Morgan fingerprint density at radius 2 is 2.13 bits per heavy atom. The van der Waals surface area contributed by atoms with E-state index in [0.29, 0.717) is 32.1 Å². The summed E-state index contributed by atoms with van der Waals surface area (Å²) in [6.45, 7) is 6.10. The van der Waals surface area contributed by atoms with Gasteiger partial charge in [0.05, 0.1) is 19.3 Å². The lowest BCUT2D eigenvalue weighted by Gasteiger charge is -2.26. The molecule has 0 aliphatic carbocycles. The standard InChI is InChI=1S/C18H22N2O3/c1-3-14(2)23-17-7-5-4-6-15(17)12-16(13-19)18(21)20-8-10-22-11-9-20/h4-7,12,14H,3,8-11H2,1-2H3/b16-12+/t14-/m1/s1. The zero-order valence-electron chi connectivity index (χ0n) is 13.6. The minimum absolute atomic E-state index is 0.0741. The monoisotopic (exact) mass is 314 g/mol. The summed E-state index contributed by atoms with van der Waals surface area (Å²) >= 11 is 0. The summed E-state index contributed by atoms with van der Waals surface area (Å²) in [5.74, 6) is 0.429.